The minimum absolute atomic E-state index is 0.776. The largest absolute Gasteiger partial charge is 0.308 e. The van der Waals surface area contributed by atoms with Gasteiger partial charge in [-0.25, -0.2) is 0 Å². The van der Waals surface area contributed by atoms with E-state index in [0.717, 1.165) is 178 Å². The van der Waals surface area contributed by atoms with Gasteiger partial charge in [-0.15, -0.1) is 0 Å². The monoisotopic (exact) mass is 1070 g/mol. The van der Waals surface area contributed by atoms with Gasteiger partial charge in [0.05, 0.1) is 0 Å². The van der Waals surface area contributed by atoms with Crippen LogP contribution in [-0.2, 0) is 0 Å². The van der Waals surface area contributed by atoms with Gasteiger partial charge in [-0.3, -0.25) is 0 Å². The smallest absolute Gasteiger partial charge is 0.0258 e. The first-order valence-corrected chi connectivity index (χ1v) is 35.1. The van der Waals surface area contributed by atoms with Crippen molar-refractivity contribution in [3.63, 3.8) is 0 Å². The molecule has 13 saturated heterocycles. The molecule has 20 rings (SSSR count). The van der Waals surface area contributed by atoms with Crippen LogP contribution in [0.1, 0.15) is 193 Å². The Kier molecular flexibility index (Phi) is 18.8. The summed E-state index contributed by atoms with van der Waals surface area (Å²) in [5.74, 6) is 23.4. The molecule has 7 saturated carbocycles. The van der Waals surface area contributed by atoms with E-state index in [0.29, 0.717) is 0 Å². The van der Waals surface area contributed by atoms with Crippen molar-refractivity contribution in [2.45, 2.75) is 236 Å². The van der Waals surface area contributed by atoms with E-state index in [-0.39, 0.29) is 0 Å². The SMILES string of the molecule is CC(C)C1CC2CC1C1NC21.CC(C)C1CC2CC1C1NC21.CC(C)C1CC2CC1C1NC21.CC(C)C1CN2CCC1CC2.CC(C)C1CN2CCC1CC2.CC(C)C1CN2CCC1CC2.CC(C)N1CC2CCC(C2)C1. The molecule has 0 aromatic rings. The highest BCUT2D eigenvalue weighted by atomic mass is 15.2. The minimum atomic E-state index is 0.776. The number of likely N-dealkylation sites (tertiary alicyclic amines) is 1. The van der Waals surface area contributed by atoms with Crippen molar-refractivity contribution < 1.29 is 0 Å². The standard InChI is InChI=1S/3C10H17N.4C10H19N/c3*1-5(2)7-3-6-4-8(7)10-9(6)11-10;3*1-8(2)10-7-11-5-3-9(10)4-6-11;1-8(2)11-6-9-3-4-10(5-9)7-11/h3*5-11H,3-4H2,1-2H3;4*8-10H,3-7H2,1-2H3. The molecule has 14 bridgehead atoms. The number of hydrogen-bond acceptors (Lipinski definition) is 7. The molecule has 20 fully saturated rings. The molecule has 442 valence electrons. The quantitative estimate of drug-likeness (QED) is 0.219. The van der Waals surface area contributed by atoms with Crippen LogP contribution in [0.15, 0.2) is 0 Å². The summed E-state index contributed by atoms with van der Waals surface area (Å²) >= 11 is 0. The lowest BCUT2D eigenvalue weighted by atomic mass is 9.74. The Morgan fingerprint density at radius 2 is 0.545 bits per heavy atom. The van der Waals surface area contributed by atoms with Gasteiger partial charge in [0.25, 0.3) is 0 Å². The number of nitrogens with one attached hydrogen (secondary N) is 3. The first kappa shape index (κ1) is 58.5. The molecule has 0 aromatic carbocycles. The molecule has 77 heavy (non-hydrogen) atoms. The van der Waals surface area contributed by atoms with E-state index in [1.54, 1.807) is 19.3 Å². The zero-order chi connectivity index (χ0) is 54.1. The summed E-state index contributed by atoms with van der Waals surface area (Å²) in [6, 6.07) is 6.56. The second-order valence-electron chi connectivity index (χ2n) is 33.3. The average molecular weight is 1070 g/mol. The van der Waals surface area contributed by atoms with Gasteiger partial charge in [0.15, 0.2) is 0 Å². The molecule has 7 heteroatoms. The van der Waals surface area contributed by atoms with Crippen LogP contribution < -0.4 is 16.0 Å². The van der Waals surface area contributed by atoms with Crippen molar-refractivity contribution in [2.24, 2.45) is 136 Å². The third kappa shape index (κ3) is 13.2. The molecule has 20 atom stereocenters. The summed E-state index contributed by atoms with van der Waals surface area (Å²) in [5.41, 5.74) is 0. The Morgan fingerprint density at radius 3 is 0.727 bits per heavy atom. The Bertz CT molecular complexity index is 1620. The molecular formula is C70H127N7. The number of hydrogen-bond donors (Lipinski definition) is 3. The molecule has 20 aliphatic rings. The molecule has 0 spiro atoms. The van der Waals surface area contributed by atoms with Crippen LogP contribution in [-0.4, -0.2) is 134 Å². The molecule has 7 nitrogen and oxygen atoms in total. The minimum Gasteiger partial charge on any atom is -0.308 e. The Labute approximate surface area is 477 Å². The van der Waals surface area contributed by atoms with Gasteiger partial charge in [0.1, 0.15) is 0 Å². The van der Waals surface area contributed by atoms with E-state index in [9.17, 15) is 0 Å². The normalized spacial score (nSPS) is 49.2. The van der Waals surface area contributed by atoms with Gasteiger partial charge in [0, 0.05) is 75.0 Å². The summed E-state index contributed by atoms with van der Waals surface area (Å²) < 4.78 is 0. The first-order valence-electron chi connectivity index (χ1n) is 35.1. The van der Waals surface area contributed by atoms with Crippen LogP contribution >= 0.6 is 0 Å². The highest BCUT2D eigenvalue weighted by molar-refractivity contribution is 5.20. The maximum Gasteiger partial charge on any atom is 0.0258 e. The van der Waals surface area contributed by atoms with E-state index in [1.165, 1.54) is 149 Å². The van der Waals surface area contributed by atoms with E-state index in [1.807, 2.05) is 0 Å². The van der Waals surface area contributed by atoms with Crippen LogP contribution in [0.5, 0.6) is 0 Å². The third-order valence-corrected chi connectivity index (χ3v) is 26.6. The van der Waals surface area contributed by atoms with Gasteiger partial charge >= 0.3 is 0 Å². The predicted molar refractivity (Wildman–Crippen MR) is 326 cm³/mol. The van der Waals surface area contributed by atoms with Crippen LogP contribution in [0, 0.1) is 136 Å². The maximum atomic E-state index is 3.61. The predicted octanol–water partition coefficient (Wildman–Crippen LogP) is 13.0. The Hall–Kier alpha value is -0.280. The second kappa shape index (κ2) is 24.7. The van der Waals surface area contributed by atoms with Gasteiger partial charge in [0.2, 0.25) is 0 Å². The highest BCUT2D eigenvalue weighted by Gasteiger charge is 2.63. The fraction of sp³-hybridized carbons (Fsp3) is 1.00. The van der Waals surface area contributed by atoms with Gasteiger partial charge in [-0.05, 0) is 286 Å². The topological polar surface area (TPSA) is 78.8 Å². The summed E-state index contributed by atoms with van der Waals surface area (Å²) in [7, 11) is 0. The molecule has 13 aliphatic heterocycles. The number of fused-ring (bicyclic) bond motifs is 26. The van der Waals surface area contributed by atoms with Crippen LogP contribution in [0.25, 0.3) is 0 Å². The van der Waals surface area contributed by atoms with Crippen molar-refractivity contribution in [1.29, 1.82) is 0 Å². The molecule has 0 radical (unpaired) electrons. The Morgan fingerprint density at radius 1 is 0.273 bits per heavy atom. The van der Waals surface area contributed by atoms with Gasteiger partial charge in [-0.2, -0.15) is 0 Å². The van der Waals surface area contributed by atoms with Crippen LogP contribution in [0.4, 0.5) is 0 Å². The third-order valence-electron chi connectivity index (χ3n) is 26.6. The van der Waals surface area contributed by atoms with Crippen LogP contribution in [0.3, 0.4) is 0 Å². The zero-order valence-electron chi connectivity index (χ0n) is 53.0. The number of rotatable bonds is 7. The summed E-state index contributed by atoms with van der Waals surface area (Å²) in [6.45, 7) is 48.5. The van der Waals surface area contributed by atoms with Crippen molar-refractivity contribution in [3.05, 3.63) is 0 Å². The Balaban J connectivity index is 0.0000000956. The van der Waals surface area contributed by atoms with E-state index in [2.05, 4.69) is 132 Å². The van der Waals surface area contributed by atoms with Crippen molar-refractivity contribution >= 4 is 0 Å². The second-order valence-corrected chi connectivity index (χ2v) is 33.3. The van der Waals surface area contributed by atoms with Crippen molar-refractivity contribution in [1.82, 2.24) is 35.6 Å². The fourth-order valence-corrected chi connectivity index (χ4v) is 21.8. The van der Waals surface area contributed by atoms with E-state index >= 15 is 0 Å². The van der Waals surface area contributed by atoms with Crippen molar-refractivity contribution in [3.8, 4) is 0 Å². The molecule has 0 amide bonds. The highest BCUT2D eigenvalue weighted by Crippen LogP contribution is 2.58. The molecule has 20 unspecified atom stereocenters. The van der Waals surface area contributed by atoms with Crippen molar-refractivity contribution in [2.75, 3.05) is 72.0 Å². The molecule has 7 aliphatic carbocycles. The molecule has 0 aromatic heterocycles. The number of piperidine rings is 13. The molecule has 3 N–H and O–H groups in total. The summed E-state index contributed by atoms with van der Waals surface area (Å²) in [4.78, 5) is 10.6. The van der Waals surface area contributed by atoms with Crippen LogP contribution in [0.2, 0.25) is 0 Å². The fourth-order valence-electron chi connectivity index (χ4n) is 21.8. The van der Waals surface area contributed by atoms with E-state index < -0.39 is 0 Å². The summed E-state index contributed by atoms with van der Waals surface area (Å²) in [6.07, 6.45) is 22.6. The van der Waals surface area contributed by atoms with E-state index in [4.69, 9.17) is 0 Å². The lowest BCUT2D eigenvalue weighted by Gasteiger charge is -2.46. The van der Waals surface area contributed by atoms with Gasteiger partial charge < -0.3 is 35.6 Å². The number of nitrogens with zero attached hydrogens (tertiary/aromatic N) is 4. The molecular weight excluding hydrogens is 939 g/mol. The lowest BCUT2D eigenvalue weighted by molar-refractivity contribution is 0.0277. The lowest BCUT2D eigenvalue weighted by Crippen LogP contribution is -2.48. The first-order chi connectivity index (χ1) is 36.9. The maximum absolute atomic E-state index is 3.61. The zero-order valence-corrected chi connectivity index (χ0v) is 53.0. The molecule has 13 heterocycles. The summed E-state index contributed by atoms with van der Waals surface area (Å²) in [5, 5.41) is 10.8. The van der Waals surface area contributed by atoms with Gasteiger partial charge in [-0.1, -0.05) is 83.1 Å². The average Bonchev–Trinajstić information content (AvgIpc) is 4.52.